The predicted molar refractivity (Wildman–Crippen MR) is 201 cm³/mol. The molecule has 17 nitrogen and oxygen atoms in total. The Morgan fingerprint density at radius 1 is 0.907 bits per heavy atom. The molecule has 3 heterocycles. The van der Waals surface area contributed by atoms with Crippen LogP contribution in [0.3, 0.4) is 0 Å². The molecule has 298 valence electrons. The van der Waals surface area contributed by atoms with Gasteiger partial charge in [-0.25, -0.2) is 19.6 Å². The van der Waals surface area contributed by atoms with Gasteiger partial charge in [0.25, 0.3) is 11.8 Å². The molecule has 1 fully saturated rings. The van der Waals surface area contributed by atoms with Gasteiger partial charge in [-0.05, 0) is 68.2 Å². The van der Waals surface area contributed by atoms with E-state index in [1.807, 2.05) is 6.92 Å². The van der Waals surface area contributed by atoms with Crippen molar-refractivity contribution in [3.8, 4) is 11.5 Å². The van der Waals surface area contributed by atoms with Crippen molar-refractivity contribution in [1.82, 2.24) is 25.9 Å². The molecule has 4 amide bonds. The SMILES string of the molecule is CCCCOc1cnc(C(=O)NC[C@H]2NC(=O)[C@H]2NC(=O)/C(=N\OC(C)(C)C(=O)OC(C)(C)C)c2csc(NC(=O)OC(C)(C)C)n2)cc1OCCCC. The standard InChI is InChI=1S/C36H53N7O10S/c1-11-13-15-49-24-17-21(37-19-25(24)50-16-14-12-2)28(44)38-18-22-26(29(45)39-22)41-30(46)27(43-53-36(9,10)31(47)51-34(3,4)5)23-20-54-32(40-23)42-33(48)52-35(6,7)8/h17,19-20,22,26H,11-16,18H2,1-10H3,(H,38,44)(H,39,45)(H,41,46)(H,40,42,48)/b43-27-/t22-,26+/m1/s1. The number of rotatable bonds is 18. The molecular weight excluding hydrogens is 723 g/mol. The van der Waals surface area contributed by atoms with Crippen LogP contribution in [-0.2, 0) is 28.7 Å². The number of pyridine rings is 1. The Kier molecular flexibility index (Phi) is 15.2. The summed E-state index contributed by atoms with van der Waals surface area (Å²) >= 11 is 0.977. The van der Waals surface area contributed by atoms with Crippen LogP contribution in [0.15, 0.2) is 22.8 Å². The van der Waals surface area contributed by atoms with Crippen molar-refractivity contribution in [2.24, 2.45) is 5.16 Å². The van der Waals surface area contributed by atoms with Crippen LogP contribution in [0.25, 0.3) is 0 Å². The Balaban J connectivity index is 1.77. The van der Waals surface area contributed by atoms with Gasteiger partial charge in [0.15, 0.2) is 22.3 Å². The summed E-state index contributed by atoms with van der Waals surface area (Å²) in [5, 5.41) is 16.0. The van der Waals surface area contributed by atoms with E-state index in [1.54, 1.807) is 41.5 Å². The van der Waals surface area contributed by atoms with Gasteiger partial charge in [0, 0.05) is 18.0 Å². The number of thiazole rings is 1. The molecule has 0 bridgehead atoms. The highest BCUT2D eigenvalue weighted by Gasteiger charge is 2.42. The molecule has 3 rings (SSSR count). The average Bonchev–Trinajstić information content (AvgIpc) is 3.52. The number of hydrogen-bond donors (Lipinski definition) is 4. The van der Waals surface area contributed by atoms with Crippen molar-refractivity contribution in [2.45, 2.75) is 124 Å². The topological polar surface area (TPSA) is 218 Å². The molecule has 2 aromatic heterocycles. The first-order chi connectivity index (χ1) is 25.2. The second-order valence-electron chi connectivity index (χ2n) is 14.9. The molecule has 2 aromatic rings. The quantitative estimate of drug-likeness (QED) is 0.0541. The molecule has 0 aromatic carbocycles. The molecule has 0 spiro atoms. The molecule has 18 heteroatoms. The van der Waals surface area contributed by atoms with Crippen molar-refractivity contribution in [3.05, 3.63) is 29.0 Å². The average molecular weight is 776 g/mol. The zero-order chi connectivity index (χ0) is 40.3. The predicted octanol–water partition coefficient (Wildman–Crippen LogP) is 4.50. The van der Waals surface area contributed by atoms with E-state index >= 15 is 0 Å². The summed E-state index contributed by atoms with van der Waals surface area (Å²) in [7, 11) is 0. The summed E-state index contributed by atoms with van der Waals surface area (Å²) in [5.74, 6) is -1.83. The van der Waals surface area contributed by atoms with Crippen LogP contribution in [-0.4, -0.2) is 94.1 Å². The summed E-state index contributed by atoms with van der Waals surface area (Å²) in [6.07, 6.45) is 4.22. The third kappa shape index (κ3) is 13.4. The Morgan fingerprint density at radius 3 is 2.13 bits per heavy atom. The molecule has 2 atom stereocenters. The number of amides is 4. The lowest BCUT2D eigenvalue weighted by atomic mass is 9.98. The van der Waals surface area contributed by atoms with E-state index in [0.717, 1.165) is 37.0 Å². The molecule has 1 aliphatic rings. The molecule has 0 unspecified atom stereocenters. The Hall–Kier alpha value is -5.00. The maximum absolute atomic E-state index is 13.7. The molecular formula is C36H53N7O10S. The van der Waals surface area contributed by atoms with Gasteiger partial charge in [0.1, 0.15) is 28.6 Å². The third-order valence-electron chi connectivity index (χ3n) is 7.18. The summed E-state index contributed by atoms with van der Waals surface area (Å²) < 4.78 is 22.4. The van der Waals surface area contributed by atoms with E-state index in [9.17, 15) is 24.0 Å². The first-order valence-electron chi connectivity index (χ1n) is 17.8. The first-order valence-corrected chi connectivity index (χ1v) is 18.7. The normalized spacial score (nSPS) is 16.0. The fourth-order valence-corrected chi connectivity index (χ4v) is 5.02. The number of hydrogen-bond acceptors (Lipinski definition) is 14. The largest absolute Gasteiger partial charge is 0.490 e. The number of nitrogens with one attached hydrogen (secondary N) is 4. The molecule has 0 saturated carbocycles. The maximum atomic E-state index is 13.7. The van der Waals surface area contributed by atoms with Crippen molar-refractivity contribution in [2.75, 3.05) is 25.1 Å². The summed E-state index contributed by atoms with van der Waals surface area (Å²) in [5.41, 5.74) is -3.58. The van der Waals surface area contributed by atoms with Gasteiger partial charge in [0.2, 0.25) is 11.5 Å². The third-order valence-corrected chi connectivity index (χ3v) is 7.94. The number of β-lactam (4-membered cyclic amide) rings is 1. The van der Waals surface area contributed by atoms with Crippen molar-refractivity contribution >= 4 is 52.0 Å². The fraction of sp³-hybridized carbons (Fsp3) is 0.611. The van der Waals surface area contributed by atoms with Crippen LogP contribution in [0.4, 0.5) is 9.93 Å². The molecule has 54 heavy (non-hydrogen) atoms. The number of oxime groups is 1. The monoisotopic (exact) mass is 775 g/mol. The van der Waals surface area contributed by atoms with E-state index < -0.39 is 64.4 Å². The van der Waals surface area contributed by atoms with Gasteiger partial charge < -0.3 is 39.7 Å². The number of carbonyl (C=O) groups excluding carboxylic acids is 5. The minimum Gasteiger partial charge on any atom is -0.490 e. The number of ether oxygens (including phenoxy) is 4. The highest BCUT2D eigenvalue weighted by Crippen LogP contribution is 2.28. The number of aromatic nitrogens is 2. The van der Waals surface area contributed by atoms with Crippen LogP contribution < -0.4 is 30.7 Å². The summed E-state index contributed by atoms with van der Waals surface area (Å²) in [6, 6.07) is -0.288. The van der Waals surface area contributed by atoms with Gasteiger partial charge >= 0.3 is 12.1 Å². The summed E-state index contributed by atoms with van der Waals surface area (Å²) in [4.78, 5) is 78.7. The van der Waals surface area contributed by atoms with Crippen molar-refractivity contribution < 1.29 is 47.8 Å². The van der Waals surface area contributed by atoms with Gasteiger partial charge in [-0.2, -0.15) is 0 Å². The lowest BCUT2D eigenvalue weighted by molar-refractivity contribution is -0.179. The Bertz CT molecular complexity index is 1680. The smallest absolute Gasteiger partial charge is 0.413 e. The summed E-state index contributed by atoms with van der Waals surface area (Å²) in [6.45, 7) is 18.0. The lowest BCUT2D eigenvalue weighted by Gasteiger charge is -2.37. The number of esters is 1. The number of unbranched alkanes of at least 4 members (excludes halogenated alkanes) is 2. The van der Waals surface area contributed by atoms with Gasteiger partial charge in [-0.1, -0.05) is 31.8 Å². The van der Waals surface area contributed by atoms with Crippen LogP contribution in [0.5, 0.6) is 11.5 Å². The van der Waals surface area contributed by atoms with Crippen LogP contribution >= 0.6 is 11.3 Å². The molecule has 1 saturated heterocycles. The minimum atomic E-state index is -1.64. The van der Waals surface area contributed by atoms with Crippen LogP contribution in [0.1, 0.15) is 111 Å². The fourth-order valence-electron chi connectivity index (χ4n) is 4.34. The number of anilines is 1. The van der Waals surface area contributed by atoms with Gasteiger partial charge in [0.05, 0.1) is 25.5 Å². The lowest BCUT2D eigenvalue weighted by Crippen LogP contribution is -2.72. The maximum Gasteiger partial charge on any atom is 0.413 e. The van der Waals surface area contributed by atoms with Crippen molar-refractivity contribution in [1.29, 1.82) is 0 Å². The van der Waals surface area contributed by atoms with E-state index in [1.165, 1.54) is 31.5 Å². The van der Waals surface area contributed by atoms with Gasteiger partial charge in [-0.15, -0.1) is 11.3 Å². The number of carbonyl (C=O) groups is 5. The second-order valence-corrected chi connectivity index (χ2v) is 15.8. The second kappa shape index (κ2) is 18.9. The van der Waals surface area contributed by atoms with Crippen LogP contribution in [0, 0.1) is 0 Å². The van der Waals surface area contributed by atoms with Crippen molar-refractivity contribution in [3.63, 3.8) is 0 Å². The minimum absolute atomic E-state index is 0.0294. The molecule has 0 aliphatic carbocycles. The molecule has 4 N–H and O–H groups in total. The zero-order valence-corrected chi connectivity index (χ0v) is 33.5. The first kappa shape index (κ1) is 43.4. The zero-order valence-electron chi connectivity index (χ0n) is 32.7. The highest BCUT2D eigenvalue weighted by atomic mass is 32.1. The number of nitrogens with zero attached hydrogens (tertiary/aromatic N) is 3. The van der Waals surface area contributed by atoms with Gasteiger partial charge in [-0.3, -0.25) is 19.7 Å². The molecule has 0 radical (unpaired) electrons. The van der Waals surface area contributed by atoms with E-state index in [0.29, 0.717) is 24.7 Å². The Labute approximate surface area is 319 Å². The van der Waals surface area contributed by atoms with E-state index in [-0.39, 0.29) is 23.1 Å². The van der Waals surface area contributed by atoms with E-state index in [2.05, 4.69) is 43.3 Å². The van der Waals surface area contributed by atoms with E-state index in [4.69, 9.17) is 23.8 Å². The Morgan fingerprint density at radius 2 is 1.54 bits per heavy atom. The highest BCUT2D eigenvalue weighted by molar-refractivity contribution is 7.14. The van der Waals surface area contributed by atoms with Crippen LogP contribution in [0.2, 0.25) is 0 Å². The molecule has 1 aliphatic heterocycles.